The molecule has 0 radical (unpaired) electrons. The van der Waals surface area contributed by atoms with Gasteiger partial charge in [0.1, 0.15) is 11.4 Å². The Bertz CT molecular complexity index is 1200. The number of rotatable bonds is 5. The molecule has 0 bridgehead atoms. The average molecular weight is 417 g/mol. The van der Waals surface area contributed by atoms with E-state index < -0.39 is 21.7 Å². The lowest BCUT2D eigenvalue weighted by molar-refractivity contribution is 0.0956. The summed E-state index contributed by atoms with van der Waals surface area (Å²) in [5.41, 5.74) is 1.35. The molecule has 1 saturated heterocycles. The van der Waals surface area contributed by atoms with Crippen LogP contribution in [0.3, 0.4) is 0 Å². The zero-order valence-electron chi connectivity index (χ0n) is 16.0. The summed E-state index contributed by atoms with van der Waals surface area (Å²) >= 11 is 0. The van der Waals surface area contributed by atoms with E-state index in [1.54, 1.807) is 18.2 Å². The largest absolute Gasteiger partial charge is 0.451 e. The quantitative estimate of drug-likeness (QED) is 0.684. The molecule has 0 aliphatic carbocycles. The molecule has 1 amide bonds. The third-order valence-corrected chi connectivity index (χ3v) is 6.23. The van der Waals surface area contributed by atoms with E-state index in [0.717, 1.165) is 19.5 Å². The number of benzene rings is 1. The van der Waals surface area contributed by atoms with Crippen molar-refractivity contribution in [3.8, 4) is 0 Å². The van der Waals surface area contributed by atoms with Gasteiger partial charge in [0.2, 0.25) is 0 Å². The summed E-state index contributed by atoms with van der Waals surface area (Å²) in [5, 5.41) is -0.0942. The highest BCUT2D eigenvalue weighted by atomic mass is 32.2. The van der Waals surface area contributed by atoms with E-state index in [4.69, 9.17) is 4.42 Å². The summed E-state index contributed by atoms with van der Waals surface area (Å²) in [6.07, 6.45) is 2.38. The lowest BCUT2D eigenvalue weighted by atomic mass is 10.1. The van der Waals surface area contributed by atoms with Gasteiger partial charge in [0, 0.05) is 37.1 Å². The van der Waals surface area contributed by atoms with Crippen LogP contribution >= 0.6 is 0 Å². The molecule has 9 heteroatoms. The number of carbonyl (C=O) groups excluding carboxylic acids is 1. The number of fused-ring (bicyclic) bond motifs is 1. The van der Waals surface area contributed by atoms with Crippen molar-refractivity contribution in [3.05, 3.63) is 53.7 Å². The van der Waals surface area contributed by atoms with E-state index in [1.807, 2.05) is 23.5 Å². The molecule has 3 aromatic rings. The molecule has 1 aliphatic rings. The van der Waals surface area contributed by atoms with Gasteiger partial charge in [-0.25, -0.2) is 14.1 Å². The molecule has 1 N–H and O–H groups in total. The van der Waals surface area contributed by atoms with Gasteiger partial charge in [0.15, 0.2) is 10.8 Å². The van der Waals surface area contributed by atoms with Crippen LogP contribution in [0, 0.1) is 5.82 Å². The minimum atomic E-state index is -4.22. The van der Waals surface area contributed by atoms with Crippen LogP contribution in [0.1, 0.15) is 42.3 Å². The maximum Gasteiger partial charge on any atom is 0.300 e. The van der Waals surface area contributed by atoms with Crippen molar-refractivity contribution in [1.29, 1.82) is 0 Å². The number of amides is 1. The summed E-state index contributed by atoms with van der Waals surface area (Å²) in [7, 11) is -4.22. The highest BCUT2D eigenvalue weighted by molar-refractivity contribution is 7.90. The molecule has 0 saturated carbocycles. The molecular weight excluding hydrogens is 397 g/mol. The SMILES string of the molecule is CC(C)c1cccnc1S(=O)(=O)NC(=O)c1cc2c(F)cc(N3CCC3)cc2o1. The van der Waals surface area contributed by atoms with E-state index in [-0.39, 0.29) is 27.7 Å². The van der Waals surface area contributed by atoms with Crippen molar-refractivity contribution in [2.75, 3.05) is 18.0 Å². The van der Waals surface area contributed by atoms with Crippen LogP contribution in [0.25, 0.3) is 11.0 Å². The van der Waals surface area contributed by atoms with Crippen LogP contribution in [0.2, 0.25) is 0 Å². The highest BCUT2D eigenvalue weighted by Gasteiger charge is 2.27. The Morgan fingerprint density at radius 3 is 2.69 bits per heavy atom. The monoisotopic (exact) mass is 417 g/mol. The molecule has 1 aliphatic heterocycles. The number of anilines is 1. The second-order valence-electron chi connectivity index (χ2n) is 7.28. The Morgan fingerprint density at radius 1 is 1.28 bits per heavy atom. The van der Waals surface area contributed by atoms with Gasteiger partial charge in [0.25, 0.3) is 10.0 Å². The molecule has 0 unspecified atom stereocenters. The summed E-state index contributed by atoms with van der Waals surface area (Å²) in [6.45, 7) is 5.32. The highest BCUT2D eigenvalue weighted by Crippen LogP contribution is 2.30. The van der Waals surface area contributed by atoms with Gasteiger partial charge < -0.3 is 9.32 Å². The summed E-state index contributed by atoms with van der Waals surface area (Å²) < 4.78 is 47.3. The van der Waals surface area contributed by atoms with Crippen LogP contribution in [0.5, 0.6) is 0 Å². The first-order valence-corrected chi connectivity index (χ1v) is 10.7. The van der Waals surface area contributed by atoms with E-state index in [0.29, 0.717) is 11.3 Å². The van der Waals surface area contributed by atoms with Gasteiger partial charge in [-0.3, -0.25) is 4.79 Å². The Morgan fingerprint density at radius 2 is 2.03 bits per heavy atom. The smallest absolute Gasteiger partial charge is 0.300 e. The molecule has 0 atom stereocenters. The van der Waals surface area contributed by atoms with Crippen molar-refractivity contribution in [2.45, 2.75) is 31.2 Å². The number of halogens is 1. The van der Waals surface area contributed by atoms with Gasteiger partial charge >= 0.3 is 5.91 Å². The standard InChI is InChI=1S/C20H20FN3O4S/c1-12(2)14-5-3-6-22-20(14)29(26,27)23-19(25)18-11-15-16(21)9-13(10-17(15)28-18)24-7-4-8-24/h3,5-6,9-12H,4,7-8H2,1-2H3,(H,23,25). The Hall–Kier alpha value is -2.94. The number of nitrogens with zero attached hydrogens (tertiary/aromatic N) is 2. The van der Waals surface area contributed by atoms with Crippen molar-refractivity contribution in [1.82, 2.24) is 9.71 Å². The topological polar surface area (TPSA) is 92.5 Å². The summed E-state index contributed by atoms with van der Waals surface area (Å²) in [4.78, 5) is 18.5. The number of nitrogens with one attached hydrogen (secondary N) is 1. The molecule has 29 heavy (non-hydrogen) atoms. The van der Waals surface area contributed by atoms with Crippen molar-refractivity contribution in [2.24, 2.45) is 0 Å². The second kappa shape index (κ2) is 7.14. The lowest BCUT2D eigenvalue weighted by Crippen LogP contribution is -2.36. The zero-order chi connectivity index (χ0) is 20.8. The minimum Gasteiger partial charge on any atom is -0.451 e. The second-order valence-corrected chi connectivity index (χ2v) is 8.88. The summed E-state index contributed by atoms with van der Waals surface area (Å²) in [6, 6.07) is 7.52. The predicted octanol–water partition coefficient (Wildman–Crippen LogP) is 3.42. The van der Waals surface area contributed by atoms with Crippen molar-refractivity contribution < 1.29 is 22.0 Å². The van der Waals surface area contributed by atoms with Crippen LogP contribution in [0.4, 0.5) is 10.1 Å². The number of carbonyl (C=O) groups is 1. The fourth-order valence-electron chi connectivity index (χ4n) is 3.24. The predicted molar refractivity (Wildman–Crippen MR) is 106 cm³/mol. The number of furan rings is 1. The average Bonchev–Trinajstić information content (AvgIpc) is 3.05. The Kier molecular flexibility index (Phi) is 4.77. The molecule has 1 fully saturated rings. The van der Waals surface area contributed by atoms with Gasteiger partial charge in [-0.05, 0) is 30.0 Å². The molecule has 2 aromatic heterocycles. The van der Waals surface area contributed by atoms with Crippen LogP contribution in [-0.4, -0.2) is 32.4 Å². The van der Waals surface area contributed by atoms with E-state index in [9.17, 15) is 17.6 Å². The zero-order valence-corrected chi connectivity index (χ0v) is 16.8. The minimum absolute atomic E-state index is 0.106. The number of hydrogen-bond donors (Lipinski definition) is 1. The number of sulfonamides is 1. The fourth-order valence-corrected chi connectivity index (χ4v) is 4.49. The Balaban J connectivity index is 1.64. The molecule has 7 nitrogen and oxygen atoms in total. The van der Waals surface area contributed by atoms with Gasteiger partial charge in [-0.2, -0.15) is 8.42 Å². The molecular formula is C20H20FN3O4S. The first-order chi connectivity index (χ1) is 13.8. The molecule has 1 aromatic carbocycles. The summed E-state index contributed by atoms with van der Waals surface area (Å²) in [5.74, 6) is -1.90. The normalized spacial score (nSPS) is 14.3. The molecule has 4 rings (SSSR count). The van der Waals surface area contributed by atoms with Gasteiger partial charge in [-0.15, -0.1) is 0 Å². The number of aromatic nitrogens is 1. The first kappa shape index (κ1) is 19.4. The van der Waals surface area contributed by atoms with Crippen LogP contribution in [-0.2, 0) is 10.0 Å². The van der Waals surface area contributed by atoms with E-state index in [1.165, 1.54) is 18.3 Å². The van der Waals surface area contributed by atoms with Crippen molar-refractivity contribution >= 4 is 32.6 Å². The van der Waals surface area contributed by atoms with Crippen molar-refractivity contribution in [3.63, 3.8) is 0 Å². The maximum atomic E-state index is 14.4. The van der Waals surface area contributed by atoms with E-state index in [2.05, 4.69) is 4.98 Å². The van der Waals surface area contributed by atoms with Gasteiger partial charge in [-0.1, -0.05) is 19.9 Å². The molecule has 0 spiro atoms. The number of hydrogen-bond acceptors (Lipinski definition) is 6. The third kappa shape index (κ3) is 3.57. The maximum absolute atomic E-state index is 14.4. The van der Waals surface area contributed by atoms with Crippen LogP contribution < -0.4 is 9.62 Å². The fraction of sp³-hybridized carbons (Fsp3) is 0.300. The number of pyridine rings is 1. The van der Waals surface area contributed by atoms with Gasteiger partial charge in [0.05, 0.1) is 5.39 Å². The van der Waals surface area contributed by atoms with Crippen LogP contribution in [0.15, 0.2) is 46.0 Å². The first-order valence-electron chi connectivity index (χ1n) is 9.26. The Labute approximate surface area is 167 Å². The molecule has 3 heterocycles. The lowest BCUT2D eigenvalue weighted by Gasteiger charge is -2.33. The third-order valence-electron chi connectivity index (χ3n) is 4.92. The molecule has 152 valence electrons. The van der Waals surface area contributed by atoms with E-state index >= 15 is 0 Å².